The van der Waals surface area contributed by atoms with Crippen LogP contribution in [0.5, 0.6) is 0 Å². The van der Waals surface area contributed by atoms with Crippen molar-refractivity contribution in [1.82, 2.24) is 5.32 Å². The summed E-state index contributed by atoms with van der Waals surface area (Å²) in [7, 11) is 0. The highest BCUT2D eigenvalue weighted by Crippen LogP contribution is 2.22. The molecule has 0 saturated heterocycles. The summed E-state index contributed by atoms with van der Waals surface area (Å²) in [5.41, 5.74) is 3.18. The molecule has 1 aromatic carbocycles. The summed E-state index contributed by atoms with van der Waals surface area (Å²) in [5, 5.41) is 5.47. The summed E-state index contributed by atoms with van der Waals surface area (Å²) >= 11 is 4.54. The predicted octanol–water partition coefficient (Wildman–Crippen LogP) is 2.40. The maximum Gasteiger partial charge on any atom is 0.105 e. The van der Waals surface area contributed by atoms with Crippen LogP contribution >= 0.6 is 12.2 Å². The minimum atomic E-state index is -0.320. The molecule has 0 saturated carbocycles. The number of benzene rings is 1. The maximum atomic E-state index is 12.5. The van der Waals surface area contributed by atoms with Gasteiger partial charge in [-0.3, -0.25) is 0 Å². The third-order valence-corrected chi connectivity index (χ3v) is 2.69. The Hall–Kier alpha value is -1.09. The largest absolute Gasteiger partial charge is 0.307 e. The average molecular weight is 222 g/mol. The average Bonchev–Trinajstić information content (AvgIpc) is 2.29. The third kappa shape index (κ3) is 2.29. The lowest BCUT2D eigenvalue weighted by molar-refractivity contribution is 0.359. The molecule has 0 radical (unpaired) electrons. The topological polar surface area (TPSA) is 24.4 Å². The first-order chi connectivity index (χ1) is 7.33. The van der Waals surface area contributed by atoms with Crippen molar-refractivity contribution in [2.24, 2.45) is 4.99 Å². The Kier molecular flexibility index (Phi) is 3.21. The van der Waals surface area contributed by atoms with Crippen LogP contribution in [0.25, 0.3) is 0 Å². The van der Waals surface area contributed by atoms with Gasteiger partial charge < -0.3 is 5.32 Å². The Labute approximate surface area is 93.2 Å². The number of nitrogens with one attached hydrogen (secondary N) is 1. The Morgan fingerprint density at radius 1 is 1.53 bits per heavy atom. The van der Waals surface area contributed by atoms with Gasteiger partial charge in [-0.2, -0.15) is 4.99 Å². The van der Waals surface area contributed by atoms with E-state index in [1.54, 1.807) is 0 Å². The van der Waals surface area contributed by atoms with Gasteiger partial charge >= 0.3 is 0 Å². The van der Waals surface area contributed by atoms with Gasteiger partial charge in [-0.15, -0.1) is 0 Å². The van der Waals surface area contributed by atoms with Crippen LogP contribution in [0.4, 0.5) is 10.1 Å². The van der Waals surface area contributed by atoms with Gasteiger partial charge in [0.05, 0.1) is 10.8 Å². The fourth-order valence-electron chi connectivity index (χ4n) is 1.80. The summed E-state index contributed by atoms with van der Waals surface area (Å²) in [6, 6.07) is 5.80. The number of thiocarbonyl (C=S) groups is 1. The van der Waals surface area contributed by atoms with Gasteiger partial charge in [-0.25, -0.2) is 4.39 Å². The van der Waals surface area contributed by atoms with Crippen LogP contribution < -0.4 is 5.32 Å². The zero-order chi connectivity index (χ0) is 10.7. The highest BCUT2D eigenvalue weighted by Gasteiger charge is 2.17. The van der Waals surface area contributed by atoms with Gasteiger partial charge in [0.2, 0.25) is 0 Å². The van der Waals surface area contributed by atoms with Crippen LogP contribution in [-0.4, -0.2) is 17.9 Å². The van der Waals surface area contributed by atoms with Gasteiger partial charge in [-0.1, -0.05) is 6.07 Å². The number of fused-ring (bicyclic) bond motifs is 1. The number of halogens is 1. The monoisotopic (exact) mass is 222 g/mol. The Balaban J connectivity index is 2.28. The first-order valence-corrected chi connectivity index (χ1v) is 5.23. The smallest absolute Gasteiger partial charge is 0.105 e. The third-order valence-electron chi connectivity index (χ3n) is 2.60. The Morgan fingerprint density at radius 2 is 2.40 bits per heavy atom. The van der Waals surface area contributed by atoms with Crippen molar-refractivity contribution in [3.63, 3.8) is 0 Å². The summed E-state index contributed by atoms with van der Waals surface area (Å²) in [6.07, 6.45) is 0.743. The second-order valence-corrected chi connectivity index (χ2v) is 3.77. The first-order valence-electron chi connectivity index (χ1n) is 4.82. The predicted molar refractivity (Wildman–Crippen MR) is 61.4 cm³/mol. The molecule has 0 spiro atoms. The highest BCUT2D eigenvalue weighted by atomic mass is 32.1. The number of alkyl halides is 1. The summed E-state index contributed by atoms with van der Waals surface area (Å²) < 4.78 is 12.5. The molecular formula is C11H11FN2S. The summed E-state index contributed by atoms with van der Waals surface area (Å²) in [4.78, 5) is 3.92. The van der Waals surface area contributed by atoms with E-state index in [1.807, 2.05) is 18.2 Å². The fraction of sp³-hybridized carbons (Fsp3) is 0.364. The zero-order valence-electron chi connectivity index (χ0n) is 8.16. The molecule has 1 N–H and O–H groups in total. The number of isothiocyanates is 1. The van der Waals surface area contributed by atoms with Crippen LogP contribution in [0.2, 0.25) is 0 Å². The van der Waals surface area contributed by atoms with Gasteiger partial charge in [0.25, 0.3) is 0 Å². The molecule has 78 valence electrons. The van der Waals surface area contributed by atoms with E-state index >= 15 is 0 Å². The van der Waals surface area contributed by atoms with Crippen molar-refractivity contribution in [3.8, 4) is 0 Å². The van der Waals surface area contributed by atoms with Gasteiger partial charge in [0.1, 0.15) is 6.67 Å². The van der Waals surface area contributed by atoms with Crippen LogP contribution in [0.3, 0.4) is 0 Å². The molecule has 4 heteroatoms. The van der Waals surface area contributed by atoms with Gasteiger partial charge in [0.15, 0.2) is 0 Å². The molecule has 0 bridgehead atoms. The maximum absolute atomic E-state index is 12.5. The van der Waals surface area contributed by atoms with Crippen LogP contribution in [0.1, 0.15) is 11.1 Å². The first kappa shape index (κ1) is 10.4. The minimum absolute atomic E-state index is 0.0441. The molecule has 1 aromatic rings. The lowest BCUT2D eigenvalue weighted by Gasteiger charge is -2.23. The lowest BCUT2D eigenvalue weighted by Crippen LogP contribution is -2.36. The van der Waals surface area contributed by atoms with Crippen molar-refractivity contribution in [3.05, 3.63) is 29.3 Å². The minimum Gasteiger partial charge on any atom is -0.307 e. The van der Waals surface area contributed by atoms with Crippen molar-refractivity contribution < 1.29 is 4.39 Å². The van der Waals surface area contributed by atoms with Crippen molar-refractivity contribution in [2.75, 3.05) is 6.67 Å². The normalized spacial score (nSPS) is 19.1. The lowest BCUT2D eigenvalue weighted by atomic mass is 9.96. The van der Waals surface area contributed by atoms with Crippen molar-refractivity contribution >= 4 is 23.1 Å². The standard InChI is InChI=1S/C11H11FN2S/c12-5-11-3-8-1-2-10(14-7-15)4-9(8)6-13-11/h1-2,4,11,13H,3,5-6H2/t11-/m1/s1. The van der Waals surface area contributed by atoms with Gasteiger partial charge in [-0.05, 0) is 41.9 Å². The molecule has 0 aromatic heterocycles. The molecular weight excluding hydrogens is 211 g/mol. The van der Waals surface area contributed by atoms with E-state index in [2.05, 4.69) is 27.7 Å². The van der Waals surface area contributed by atoms with Crippen LogP contribution in [-0.2, 0) is 13.0 Å². The number of aliphatic imine (C=N–C) groups is 1. The second kappa shape index (κ2) is 4.62. The number of rotatable bonds is 2. The molecule has 2 nitrogen and oxygen atoms in total. The van der Waals surface area contributed by atoms with E-state index in [9.17, 15) is 4.39 Å². The number of hydrogen-bond donors (Lipinski definition) is 1. The van der Waals surface area contributed by atoms with E-state index in [0.29, 0.717) is 6.54 Å². The van der Waals surface area contributed by atoms with Crippen LogP contribution in [0, 0.1) is 0 Å². The quantitative estimate of drug-likeness (QED) is 0.614. The Morgan fingerprint density at radius 3 is 3.13 bits per heavy atom. The molecule has 2 rings (SSSR count). The van der Waals surface area contributed by atoms with Crippen molar-refractivity contribution in [2.45, 2.75) is 19.0 Å². The summed E-state index contributed by atoms with van der Waals surface area (Å²) in [5.74, 6) is 0. The molecule has 1 aliphatic heterocycles. The molecule has 15 heavy (non-hydrogen) atoms. The van der Waals surface area contributed by atoms with Gasteiger partial charge in [0, 0.05) is 12.6 Å². The Bertz CT molecular complexity index is 413. The van der Waals surface area contributed by atoms with E-state index < -0.39 is 0 Å². The number of nitrogens with zero attached hydrogens (tertiary/aromatic N) is 1. The molecule has 1 aliphatic rings. The highest BCUT2D eigenvalue weighted by molar-refractivity contribution is 7.78. The zero-order valence-corrected chi connectivity index (χ0v) is 8.98. The molecule has 0 amide bonds. The fourth-order valence-corrected chi connectivity index (χ4v) is 1.90. The van der Waals surface area contributed by atoms with Crippen LogP contribution in [0.15, 0.2) is 23.2 Å². The molecule has 0 fully saturated rings. The van der Waals surface area contributed by atoms with E-state index in [1.165, 1.54) is 11.1 Å². The summed E-state index contributed by atoms with van der Waals surface area (Å²) in [6.45, 7) is 0.379. The van der Waals surface area contributed by atoms with Crippen molar-refractivity contribution in [1.29, 1.82) is 0 Å². The molecule has 1 atom stereocenters. The van der Waals surface area contributed by atoms with E-state index in [-0.39, 0.29) is 12.7 Å². The van der Waals surface area contributed by atoms with E-state index in [0.717, 1.165) is 12.1 Å². The molecule has 0 aliphatic carbocycles. The second-order valence-electron chi connectivity index (χ2n) is 3.59. The molecule has 1 heterocycles. The van der Waals surface area contributed by atoms with E-state index in [4.69, 9.17) is 0 Å². The SMILES string of the molecule is FC[C@H]1Cc2ccc(N=C=S)cc2CN1. The molecule has 0 unspecified atom stereocenters. The number of hydrogen-bond acceptors (Lipinski definition) is 3.